The van der Waals surface area contributed by atoms with Crippen LogP contribution in [0, 0.1) is 0 Å². The number of hydrogen-bond acceptors (Lipinski definition) is 7. The Morgan fingerprint density at radius 2 is 1.85 bits per heavy atom. The number of rotatable bonds is 9. The van der Waals surface area contributed by atoms with Gasteiger partial charge in [0.1, 0.15) is 16.7 Å². The maximum absolute atomic E-state index is 13.3. The van der Waals surface area contributed by atoms with Crippen molar-refractivity contribution in [2.24, 2.45) is 4.99 Å². The Hall–Kier alpha value is -2.88. The highest BCUT2D eigenvalue weighted by Crippen LogP contribution is 2.34. The Bertz CT molecular complexity index is 1010. The molecule has 2 aromatic rings. The zero-order valence-corrected chi connectivity index (χ0v) is 20.1. The van der Waals surface area contributed by atoms with Gasteiger partial charge in [0.15, 0.2) is 5.17 Å². The van der Waals surface area contributed by atoms with Crippen LogP contribution in [-0.4, -0.2) is 78.5 Å². The fourth-order valence-corrected chi connectivity index (χ4v) is 5.11. The fraction of sp³-hybridized carbons (Fsp3) is 0.400. The van der Waals surface area contributed by atoms with Crippen molar-refractivity contribution in [3.8, 4) is 5.75 Å². The molecule has 2 saturated heterocycles. The molecule has 0 bridgehead atoms. The highest BCUT2D eigenvalue weighted by atomic mass is 32.2. The fourth-order valence-electron chi connectivity index (χ4n) is 3.94. The summed E-state index contributed by atoms with van der Waals surface area (Å²) in [4.78, 5) is 34.8. The highest BCUT2D eigenvalue weighted by molar-refractivity contribution is 8.15. The second-order valence-electron chi connectivity index (χ2n) is 8.09. The number of hydrogen-bond donors (Lipinski definition) is 1. The number of nitrogens with one attached hydrogen (secondary N) is 1. The van der Waals surface area contributed by atoms with Gasteiger partial charge in [0.05, 0.1) is 20.3 Å². The lowest BCUT2D eigenvalue weighted by Gasteiger charge is -2.27. The predicted octanol–water partition coefficient (Wildman–Crippen LogP) is 3.38. The molecular formula is C25H30N4O4S. The van der Waals surface area contributed by atoms with Crippen LogP contribution in [0.5, 0.6) is 5.75 Å². The van der Waals surface area contributed by atoms with Crippen LogP contribution in [0.3, 0.4) is 0 Å². The molecule has 0 aromatic heterocycles. The molecule has 2 amide bonds. The number of para-hydroxylation sites is 3. The minimum Gasteiger partial charge on any atom is -0.494 e. The van der Waals surface area contributed by atoms with E-state index in [1.165, 1.54) is 11.8 Å². The monoisotopic (exact) mass is 482 g/mol. The standard InChI is InChI=1S/C25H30N4O4S/c1-32-21-11-6-5-10-20(21)27-25-29(13-7-12-28-14-16-33-17-15-28)24(31)22(34-25)18-23(30)26-19-8-3-2-4-9-19/h2-6,8-11,22H,7,12-18H2,1H3,(H,26,30)/t22-/m0/s1. The minimum atomic E-state index is -0.513. The van der Waals surface area contributed by atoms with E-state index >= 15 is 0 Å². The average molecular weight is 483 g/mol. The number of thioether (sulfide) groups is 1. The average Bonchev–Trinajstić information content (AvgIpc) is 3.14. The number of anilines is 1. The lowest BCUT2D eigenvalue weighted by molar-refractivity contribution is -0.128. The Morgan fingerprint density at radius 3 is 2.62 bits per heavy atom. The Morgan fingerprint density at radius 1 is 1.12 bits per heavy atom. The van der Waals surface area contributed by atoms with E-state index in [9.17, 15) is 9.59 Å². The quantitative estimate of drug-likeness (QED) is 0.590. The lowest BCUT2D eigenvalue weighted by atomic mass is 10.2. The van der Waals surface area contributed by atoms with Gasteiger partial charge in [-0.05, 0) is 30.7 Å². The van der Waals surface area contributed by atoms with E-state index in [-0.39, 0.29) is 18.2 Å². The van der Waals surface area contributed by atoms with Crippen LogP contribution in [0.1, 0.15) is 12.8 Å². The van der Waals surface area contributed by atoms with E-state index in [1.807, 2.05) is 54.6 Å². The molecule has 4 rings (SSSR count). The zero-order chi connectivity index (χ0) is 23.8. The molecule has 2 aliphatic heterocycles. The minimum absolute atomic E-state index is 0.0798. The van der Waals surface area contributed by atoms with Gasteiger partial charge < -0.3 is 14.8 Å². The Kier molecular flexibility index (Phi) is 8.56. The highest BCUT2D eigenvalue weighted by Gasteiger charge is 2.39. The molecule has 2 aliphatic rings. The van der Waals surface area contributed by atoms with E-state index in [0.717, 1.165) is 39.3 Å². The molecule has 2 aromatic carbocycles. The van der Waals surface area contributed by atoms with Crippen molar-refractivity contribution in [3.05, 3.63) is 54.6 Å². The molecule has 2 heterocycles. The summed E-state index contributed by atoms with van der Waals surface area (Å²) in [7, 11) is 1.60. The van der Waals surface area contributed by atoms with Gasteiger partial charge in [-0.1, -0.05) is 42.1 Å². The second-order valence-corrected chi connectivity index (χ2v) is 9.26. The molecular weight excluding hydrogens is 452 g/mol. The van der Waals surface area contributed by atoms with Gasteiger partial charge in [0.25, 0.3) is 0 Å². The first-order valence-electron chi connectivity index (χ1n) is 11.5. The van der Waals surface area contributed by atoms with E-state index in [4.69, 9.17) is 14.5 Å². The number of nitrogens with zero attached hydrogens (tertiary/aromatic N) is 3. The number of carbonyl (C=O) groups excluding carboxylic acids is 2. The number of ether oxygens (including phenoxy) is 2. The van der Waals surface area contributed by atoms with Crippen molar-refractivity contribution >= 4 is 40.1 Å². The summed E-state index contributed by atoms with van der Waals surface area (Å²) < 4.78 is 10.9. The number of amidine groups is 1. The van der Waals surface area contributed by atoms with Crippen LogP contribution in [0.2, 0.25) is 0 Å². The summed E-state index contributed by atoms with van der Waals surface area (Å²) in [6.07, 6.45) is 0.906. The summed E-state index contributed by atoms with van der Waals surface area (Å²) in [6, 6.07) is 16.7. The number of carbonyl (C=O) groups is 2. The summed E-state index contributed by atoms with van der Waals surface area (Å²) >= 11 is 1.34. The van der Waals surface area contributed by atoms with Gasteiger partial charge >= 0.3 is 0 Å². The molecule has 2 fully saturated rings. The molecule has 1 N–H and O–H groups in total. The van der Waals surface area contributed by atoms with Gasteiger partial charge in [-0.3, -0.25) is 19.4 Å². The first kappa shape index (κ1) is 24.3. The van der Waals surface area contributed by atoms with Gasteiger partial charge in [0.2, 0.25) is 11.8 Å². The maximum atomic E-state index is 13.3. The van der Waals surface area contributed by atoms with Crippen LogP contribution < -0.4 is 10.1 Å². The molecule has 34 heavy (non-hydrogen) atoms. The number of methoxy groups -OCH3 is 1. The molecule has 0 aliphatic carbocycles. The number of morpholine rings is 1. The van der Waals surface area contributed by atoms with Gasteiger partial charge in [-0.25, -0.2) is 4.99 Å². The summed E-state index contributed by atoms with van der Waals surface area (Å²) in [5.41, 5.74) is 1.38. The number of benzene rings is 2. The second kappa shape index (κ2) is 12.0. The maximum Gasteiger partial charge on any atom is 0.242 e. The van der Waals surface area contributed by atoms with E-state index in [1.54, 1.807) is 12.0 Å². The SMILES string of the molecule is COc1ccccc1N=C1S[C@@H](CC(=O)Nc2ccccc2)C(=O)N1CCCN1CCOCC1. The van der Waals surface area contributed by atoms with Crippen molar-refractivity contribution in [1.29, 1.82) is 0 Å². The molecule has 0 unspecified atom stereocenters. The Labute approximate surface area is 204 Å². The molecule has 8 nitrogen and oxygen atoms in total. The normalized spacial score (nSPS) is 20.0. The van der Waals surface area contributed by atoms with E-state index in [0.29, 0.717) is 28.8 Å². The van der Waals surface area contributed by atoms with E-state index in [2.05, 4.69) is 10.2 Å². The first-order chi connectivity index (χ1) is 16.6. The summed E-state index contributed by atoms with van der Waals surface area (Å²) in [5.74, 6) is 0.370. The van der Waals surface area contributed by atoms with Crippen molar-refractivity contribution in [3.63, 3.8) is 0 Å². The van der Waals surface area contributed by atoms with Crippen LogP contribution in [0.25, 0.3) is 0 Å². The van der Waals surface area contributed by atoms with Crippen molar-refractivity contribution in [1.82, 2.24) is 9.80 Å². The van der Waals surface area contributed by atoms with Crippen LogP contribution >= 0.6 is 11.8 Å². The van der Waals surface area contributed by atoms with Gasteiger partial charge in [-0.15, -0.1) is 0 Å². The zero-order valence-electron chi connectivity index (χ0n) is 19.3. The van der Waals surface area contributed by atoms with Crippen LogP contribution in [-0.2, 0) is 14.3 Å². The molecule has 9 heteroatoms. The lowest BCUT2D eigenvalue weighted by Crippen LogP contribution is -2.39. The van der Waals surface area contributed by atoms with Gasteiger partial charge in [0, 0.05) is 38.3 Å². The number of aliphatic imine (C=N–C) groups is 1. The van der Waals surface area contributed by atoms with Gasteiger partial charge in [-0.2, -0.15) is 0 Å². The summed E-state index contributed by atoms with van der Waals surface area (Å²) in [5, 5.41) is 2.96. The molecule has 1 atom stereocenters. The van der Waals surface area contributed by atoms with Crippen molar-refractivity contribution < 1.29 is 19.1 Å². The third kappa shape index (κ3) is 6.37. The molecule has 180 valence electrons. The van der Waals surface area contributed by atoms with Crippen LogP contribution in [0.15, 0.2) is 59.6 Å². The van der Waals surface area contributed by atoms with E-state index < -0.39 is 5.25 Å². The third-order valence-electron chi connectivity index (χ3n) is 5.71. The molecule has 0 spiro atoms. The number of amides is 2. The third-order valence-corrected chi connectivity index (χ3v) is 6.88. The van der Waals surface area contributed by atoms with Crippen LogP contribution in [0.4, 0.5) is 11.4 Å². The van der Waals surface area contributed by atoms with Crippen molar-refractivity contribution in [2.45, 2.75) is 18.1 Å². The first-order valence-corrected chi connectivity index (χ1v) is 12.4. The predicted molar refractivity (Wildman–Crippen MR) is 135 cm³/mol. The largest absolute Gasteiger partial charge is 0.494 e. The smallest absolute Gasteiger partial charge is 0.242 e. The summed E-state index contributed by atoms with van der Waals surface area (Å²) in [6.45, 7) is 4.75. The Balaban J connectivity index is 1.46. The molecule has 0 saturated carbocycles. The van der Waals surface area contributed by atoms with Crippen molar-refractivity contribution in [2.75, 3.05) is 51.8 Å². The topological polar surface area (TPSA) is 83.5 Å². The molecule has 0 radical (unpaired) electrons.